The summed E-state index contributed by atoms with van der Waals surface area (Å²) >= 11 is -2.02. The van der Waals surface area contributed by atoms with E-state index < -0.39 is 17.0 Å². The largest absolute Gasteiger partial charge is 0.772 e. The summed E-state index contributed by atoms with van der Waals surface area (Å²) in [6, 6.07) is 0. The number of aliphatic carboxylic acids is 1. The highest BCUT2D eigenvalue weighted by Crippen LogP contribution is 1.98. The maximum atomic E-state index is 10.2. The van der Waals surface area contributed by atoms with E-state index in [1.54, 1.807) is 0 Å². The molecule has 0 fully saturated rings. The van der Waals surface area contributed by atoms with Crippen LogP contribution in [0.1, 0.15) is 19.8 Å². The Hall–Kier alpha value is -0.680. The zero-order valence-electron chi connectivity index (χ0n) is 6.78. The van der Waals surface area contributed by atoms with Crippen molar-refractivity contribution in [3.05, 3.63) is 11.6 Å². The molecule has 0 radical (unpaired) electrons. The van der Waals surface area contributed by atoms with Gasteiger partial charge in [-0.05, 0) is 19.8 Å². The molecule has 70 valence electrons. The fraction of sp³-hybridized carbons (Fsp3) is 0.571. The Balaban J connectivity index is 3.60. The highest BCUT2D eigenvalue weighted by atomic mass is 32.2. The maximum absolute atomic E-state index is 10.2. The molecular formula is C7H11O4S-. The summed E-state index contributed by atoms with van der Waals surface area (Å²) in [6.45, 7) is 1.48. The molecule has 0 aromatic heterocycles. The lowest BCUT2D eigenvalue weighted by Crippen LogP contribution is -1.97. The standard InChI is InChI=1S/C7H12O4S/c1-6(7(8)9)4-2-3-5-12(10)11/h4H,2-3,5H2,1H3,(H,8,9)(H,10,11)/p-1. The van der Waals surface area contributed by atoms with Gasteiger partial charge >= 0.3 is 5.97 Å². The van der Waals surface area contributed by atoms with Crippen LogP contribution in [0.25, 0.3) is 0 Å². The molecule has 1 N–H and O–H groups in total. The van der Waals surface area contributed by atoms with Gasteiger partial charge in [0, 0.05) is 11.3 Å². The van der Waals surface area contributed by atoms with E-state index in [4.69, 9.17) is 5.11 Å². The first-order chi connectivity index (χ1) is 5.54. The molecule has 0 heterocycles. The molecule has 0 bridgehead atoms. The monoisotopic (exact) mass is 191 g/mol. The van der Waals surface area contributed by atoms with Gasteiger partial charge in [-0.15, -0.1) is 0 Å². The van der Waals surface area contributed by atoms with Crippen LogP contribution in [0, 0.1) is 0 Å². The van der Waals surface area contributed by atoms with Crippen LogP contribution in [-0.4, -0.2) is 25.6 Å². The summed E-state index contributed by atoms with van der Waals surface area (Å²) < 4.78 is 20.1. The van der Waals surface area contributed by atoms with Crippen LogP contribution in [0.3, 0.4) is 0 Å². The summed E-state index contributed by atoms with van der Waals surface area (Å²) in [5, 5.41) is 8.40. The van der Waals surface area contributed by atoms with Crippen molar-refractivity contribution < 1.29 is 18.7 Å². The number of unbranched alkanes of at least 4 members (excludes halogenated alkanes) is 1. The molecule has 0 aromatic rings. The number of carboxylic acids is 1. The minimum Gasteiger partial charge on any atom is -0.772 e. The van der Waals surface area contributed by atoms with Crippen LogP contribution in [-0.2, 0) is 15.9 Å². The normalized spacial score (nSPS) is 14.3. The average molecular weight is 191 g/mol. The van der Waals surface area contributed by atoms with E-state index >= 15 is 0 Å². The van der Waals surface area contributed by atoms with Gasteiger partial charge in [0.05, 0.1) is 0 Å². The number of rotatable bonds is 5. The molecule has 4 nitrogen and oxygen atoms in total. The second kappa shape index (κ2) is 5.91. The SMILES string of the molecule is CC(=CCCCS(=O)[O-])C(=O)O. The van der Waals surface area contributed by atoms with Gasteiger partial charge in [0.25, 0.3) is 0 Å². The molecule has 0 saturated heterocycles. The molecule has 12 heavy (non-hydrogen) atoms. The van der Waals surface area contributed by atoms with Gasteiger partial charge < -0.3 is 9.66 Å². The molecule has 0 aromatic carbocycles. The smallest absolute Gasteiger partial charge is 0.330 e. The number of hydrogen-bond acceptors (Lipinski definition) is 3. The number of allylic oxidation sites excluding steroid dienone is 1. The first-order valence-corrected chi connectivity index (χ1v) is 4.74. The molecule has 0 aliphatic carbocycles. The summed E-state index contributed by atoms with van der Waals surface area (Å²) in [6.07, 6.45) is 2.49. The Bertz CT molecular complexity index is 209. The van der Waals surface area contributed by atoms with Crippen LogP contribution in [0.5, 0.6) is 0 Å². The van der Waals surface area contributed by atoms with Crippen molar-refractivity contribution in [1.29, 1.82) is 0 Å². The summed E-state index contributed by atoms with van der Waals surface area (Å²) in [5.74, 6) is -0.873. The van der Waals surface area contributed by atoms with Gasteiger partial charge in [-0.2, -0.15) is 0 Å². The molecule has 0 saturated carbocycles. The highest BCUT2D eigenvalue weighted by Gasteiger charge is 1.97. The van der Waals surface area contributed by atoms with Crippen LogP contribution in [0.4, 0.5) is 0 Å². The molecule has 1 unspecified atom stereocenters. The molecular weight excluding hydrogens is 180 g/mol. The number of hydrogen-bond donors (Lipinski definition) is 1. The van der Waals surface area contributed by atoms with Crippen molar-refractivity contribution in [3.63, 3.8) is 0 Å². The van der Waals surface area contributed by atoms with Gasteiger partial charge in [0.15, 0.2) is 0 Å². The third-order valence-corrected chi connectivity index (χ3v) is 1.93. The Labute approximate surface area is 73.6 Å². The molecule has 5 heteroatoms. The van der Waals surface area contributed by atoms with E-state index in [0.717, 1.165) is 0 Å². The van der Waals surface area contributed by atoms with Crippen LogP contribution < -0.4 is 0 Å². The Morgan fingerprint density at radius 1 is 1.67 bits per heavy atom. The van der Waals surface area contributed by atoms with Crippen LogP contribution >= 0.6 is 0 Å². The second-order valence-corrected chi connectivity index (χ2v) is 3.36. The number of carboxylic acid groups (broad SMARTS) is 1. The third-order valence-electron chi connectivity index (χ3n) is 1.30. The average Bonchev–Trinajstić information content (AvgIpc) is 1.97. The van der Waals surface area contributed by atoms with Crippen molar-refractivity contribution in [2.75, 3.05) is 5.75 Å². The van der Waals surface area contributed by atoms with Crippen molar-refractivity contribution >= 4 is 17.0 Å². The van der Waals surface area contributed by atoms with Gasteiger partial charge in [-0.1, -0.05) is 17.2 Å². The lowest BCUT2D eigenvalue weighted by atomic mass is 10.2. The first kappa shape index (κ1) is 11.3. The van der Waals surface area contributed by atoms with Crippen LogP contribution in [0.15, 0.2) is 11.6 Å². The van der Waals surface area contributed by atoms with E-state index in [2.05, 4.69) is 0 Å². The molecule has 1 atom stereocenters. The van der Waals surface area contributed by atoms with E-state index in [0.29, 0.717) is 12.8 Å². The molecule has 0 rings (SSSR count). The van der Waals surface area contributed by atoms with Crippen molar-refractivity contribution in [2.45, 2.75) is 19.8 Å². The zero-order chi connectivity index (χ0) is 9.56. The zero-order valence-corrected chi connectivity index (χ0v) is 7.60. The summed E-state index contributed by atoms with van der Waals surface area (Å²) in [5.41, 5.74) is 0.256. The summed E-state index contributed by atoms with van der Waals surface area (Å²) in [7, 11) is 0. The Morgan fingerprint density at radius 3 is 2.67 bits per heavy atom. The summed E-state index contributed by atoms with van der Waals surface area (Å²) in [4.78, 5) is 10.2. The lowest BCUT2D eigenvalue weighted by molar-refractivity contribution is -0.132. The van der Waals surface area contributed by atoms with Gasteiger partial charge in [-0.3, -0.25) is 4.21 Å². The molecule has 0 spiro atoms. The topological polar surface area (TPSA) is 77.4 Å². The van der Waals surface area contributed by atoms with E-state index in [9.17, 15) is 13.6 Å². The van der Waals surface area contributed by atoms with Gasteiger partial charge in [-0.25, -0.2) is 4.79 Å². The van der Waals surface area contributed by atoms with Crippen molar-refractivity contribution in [1.82, 2.24) is 0 Å². The minimum absolute atomic E-state index is 0.0867. The molecule has 0 aliphatic heterocycles. The van der Waals surface area contributed by atoms with E-state index in [1.165, 1.54) is 13.0 Å². The van der Waals surface area contributed by atoms with Gasteiger partial charge in [0.1, 0.15) is 0 Å². The van der Waals surface area contributed by atoms with Crippen molar-refractivity contribution in [3.8, 4) is 0 Å². The molecule has 0 amide bonds. The van der Waals surface area contributed by atoms with E-state index in [1.807, 2.05) is 0 Å². The first-order valence-electron chi connectivity index (χ1n) is 3.50. The van der Waals surface area contributed by atoms with Crippen LogP contribution in [0.2, 0.25) is 0 Å². The van der Waals surface area contributed by atoms with Crippen molar-refractivity contribution in [2.24, 2.45) is 0 Å². The fourth-order valence-corrected chi connectivity index (χ4v) is 1.01. The third kappa shape index (κ3) is 6.06. The Kier molecular flexibility index (Phi) is 5.57. The molecule has 0 aliphatic rings. The second-order valence-electron chi connectivity index (χ2n) is 2.34. The van der Waals surface area contributed by atoms with Gasteiger partial charge in [0.2, 0.25) is 0 Å². The maximum Gasteiger partial charge on any atom is 0.330 e. The highest BCUT2D eigenvalue weighted by molar-refractivity contribution is 7.79. The lowest BCUT2D eigenvalue weighted by Gasteiger charge is -2.01. The predicted molar refractivity (Wildman–Crippen MR) is 44.4 cm³/mol. The van der Waals surface area contributed by atoms with E-state index in [-0.39, 0.29) is 11.3 Å². The predicted octanol–water partition coefficient (Wildman–Crippen LogP) is 0.677. The number of carbonyl (C=O) groups is 1. The Morgan fingerprint density at radius 2 is 2.25 bits per heavy atom. The quantitative estimate of drug-likeness (QED) is 0.393. The minimum atomic E-state index is -2.02. The fourth-order valence-electron chi connectivity index (χ4n) is 0.607.